The van der Waals surface area contributed by atoms with Crippen molar-refractivity contribution in [3.63, 3.8) is 0 Å². The maximum atomic E-state index is 12.4. The molecule has 1 heterocycles. The SMILES string of the molecule is Cc1cc(/C=C(\C#N)C(=O)Nc2ccc(Cl)c(Cl)c2)cn1-c1ccccc1. The van der Waals surface area contributed by atoms with Gasteiger partial charge in [0.25, 0.3) is 5.91 Å². The third-order valence-corrected chi connectivity index (χ3v) is 4.66. The molecule has 4 nitrogen and oxygen atoms in total. The van der Waals surface area contributed by atoms with Crippen LogP contribution in [0.5, 0.6) is 0 Å². The zero-order valence-corrected chi connectivity index (χ0v) is 15.9. The minimum atomic E-state index is -0.513. The number of nitrogens with zero attached hydrogens (tertiary/aromatic N) is 2. The Kier molecular flexibility index (Phi) is 5.66. The number of aryl methyl sites for hydroxylation is 1. The highest BCUT2D eigenvalue weighted by Crippen LogP contribution is 2.25. The van der Waals surface area contributed by atoms with Crippen LogP contribution in [0.2, 0.25) is 10.0 Å². The molecular weight excluding hydrogens is 381 g/mol. The standard InChI is InChI=1S/C21H15Cl2N3O/c1-14-9-15(13-26(14)18-5-3-2-4-6-18)10-16(12-24)21(27)25-17-7-8-19(22)20(23)11-17/h2-11,13H,1H3,(H,25,27)/b16-10+. The number of benzene rings is 2. The van der Waals surface area contributed by atoms with E-state index in [0.29, 0.717) is 15.7 Å². The lowest BCUT2D eigenvalue weighted by atomic mass is 10.2. The minimum absolute atomic E-state index is 0.00807. The average Bonchev–Trinajstić information content (AvgIpc) is 3.03. The Morgan fingerprint density at radius 3 is 2.52 bits per heavy atom. The number of anilines is 1. The van der Waals surface area contributed by atoms with Crippen molar-refractivity contribution in [2.45, 2.75) is 6.92 Å². The number of hydrogen-bond acceptors (Lipinski definition) is 2. The first-order valence-electron chi connectivity index (χ1n) is 8.10. The highest BCUT2D eigenvalue weighted by molar-refractivity contribution is 6.42. The highest BCUT2D eigenvalue weighted by Gasteiger charge is 2.12. The van der Waals surface area contributed by atoms with Crippen LogP contribution >= 0.6 is 23.2 Å². The van der Waals surface area contributed by atoms with E-state index in [2.05, 4.69) is 5.32 Å². The van der Waals surface area contributed by atoms with Gasteiger partial charge in [-0.05, 0) is 55.0 Å². The number of aromatic nitrogens is 1. The number of nitrogens with one attached hydrogen (secondary N) is 1. The molecule has 0 saturated heterocycles. The van der Waals surface area contributed by atoms with Crippen LogP contribution in [0, 0.1) is 18.3 Å². The Bertz CT molecular complexity index is 1060. The number of hydrogen-bond donors (Lipinski definition) is 1. The zero-order chi connectivity index (χ0) is 19.4. The van der Waals surface area contributed by atoms with Crippen molar-refractivity contribution in [2.24, 2.45) is 0 Å². The summed E-state index contributed by atoms with van der Waals surface area (Å²) in [6.07, 6.45) is 3.44. The molecule has 2 aromatic carbocycles. The fourth-order valence-electron chi connectivity index (χ4n) is 2.63. The van der Waals surface area contributed by atoms with Crippen molar-refractivity contribution >= 4 is 40.9 Å². The summed E-state index contributed by atoms with van der Waals surface area (Å²) in [4.78, 5) is 12.4. The topological polar surface area (TPSA) is 57.8 Å². The van der Waals surface area contributed by atoms with E-state index < -0.39 is 5.91 Å². The van der Waals surface area contributed by atoms with Gasteiger partial charge in [-0.25, -0.2) is 0 Å². The smallest absolute Gasteiger partial charge is 0.266 e. The van der Waals surface area contributed by atoms with Gasteiger partial charge in [0, 0.05) is 23.3 Å². The molecule has 0 saturated carbocycles. The van der Waals surface area contributed by atoms with Crippen LogP contribution in [0.3, 0.4) is 0 Å². The molecule has 0 unspecified atom stereocenters. The highest BCUT2D eigenvalue weighted by atomic mass is 35.5. The number of halogens is 2. The number of carbonyl (C=O) groups is 1. The van der Waals surface area contributed by atoms with Crippen molar-refractivity contribution in [2.75, 3.05) is 5.32 Å². The van der Waals surface area contributed by atoms with Gasteiger partial charge in [0.1, 0.15) is 11.6 Å². The van der Waals surface area contributed by atoms with E-state index in [1.165, 1.54) is 6.07 Å². The molecule has 0 aliphatic carbocycles. The zero-order valence-electron chi connectivity index (χ0n) is 14.4. The Morgan fingerprint density at radius 1 is 1.11 bits per heavy atom. The molecule has 0 aliphatic rings. The number of amides is 1. The van der Waals surface area contributed by atoms with E-state index in [1.54, 1.807) is 18.2 Å². The normalized spacial score (nSPS) is 11.1. The van der Waals surface area contributed by atoms with Crippen LogP contribution in [0.1, 0.15) is 11.3 Å². The second-order valence-corrected chi connectivity index (χ2v) is 6.69. The Hall–Kier alpha value is -3.00. The number of carbonyl (C=O) groups excluding carboxylic acids is 1. The Labute approximate surface area is 167 Å². The monoisotopic (exact) mass is 395 g/mol. The molecule has 0 aliphatic heterocycles. The first-order valence-corrected chi connectivity index (χ1v) is 8.86. The molecule has 0 radical (unpaired) electrons. The maximum Gasteiger partial charge on any atom is 0.266 e. The van der Waals surface area contributed by atoms with Crippen LogP contribution in [-0.4, -0.2) is 10.5 Å². The molecule has 27 heavy (non-hydrogen) atoms. The van der Waals surface area contributed by atoms with Crippen LogP contribution in [-0.2, 0) is 4.79 Å². The van der Waals surface area contributed by atoms with Crippen LogP contribution < -0.4 is 5.32 Å². The van der Waals surface area contributed by atoms with Gasteiger partial charge >= 0.3 is 0 Å². The van der Waals surface area contributed by atoms with Gasteiger partial charge in [-0.1, -0.05) is 41.4 Å². The molecule has 3 rings (SSSR count). The Balaban J connectivity index is 1.85. The summed E-state index contributed by atoms with van der Waals surface area (Å²) in [6.45, 7) is 1.96. The van der Waals surface area contributed by atoms with E-state index in [1.807, 2.05) is 60.2 Å². The van der Waals surface area contributed by atoms with E-state index >= 15 is 0 Å². The van der Waals surface area contributed by atoms with Crippen molar-refractivity contribution in [3.05, 3.63) is 87.7 Å². The van der Waals surface area contributed by atoms with Gasteiger partial charge < -0.3 is 9.88 Å². The average molecular weight is 396 g/mol. The van der Waals surface area contributed by atoms with Gasteiger partial charge in [-0.3, -0.25) is 4.79 Å². The van der Waals surface area contributed by atoms with E-state index in [0.717, 1.165) is 16.9 Å². The lowest BCUT2D eigenvalue weighted by Gasteiger charge is -2.05. The molecular formula is C21H15Cl2N3O. The molecule has 1 aromatic heterocycles. The van der Waals surface area contributed by atoms with Crippen molar-refractivity contribution in [1.82, 2.24) is 4.57 Å². The number of rotatable bonds is 4. The van der Waals surface area contributed by atoms with Gasteiger partial charge in [-0.15, -0.1) is 0 Å². The second kappa shape index (κ2) is 8.13. The summed E-state index contributed by atoms with van der Waals surface area (Å²) >= 11 is 11.8. The predicted octanol–water partition coefficient (Wildman–Crippen LogP) is 5.64. The van der Waals surface area contributed by atoms with Crippen molar-refractivity contribution < 1.29 is 4.79 Å². The molecule has 134 valence electrons. The fraction of sp³-hybridized carbons (Fsp3) is 0.0476. The van der Waals surface area contributed by atoms with Gasteiger partial charge in [0.05, 0.1) is 10.0 Å². The third kappa shape index (κ3) is 4.40. The molecule has 6 heteroatoms. The molecule has 3 aromatic rings. The summed E-state index contributed by atoms with van der Waals surface area (Å²) in [5.74, 6) is -0.513. The van der Waals surface area contributed by atoms with Crippen molar-refractivity contribution in [3.8, 4) is 11.8 Å². The van der Waals surface area contributed by atoms with E-state index in [9.17, 15) is 10.1 Å². The minimum Gasteiger partial charge on any atom is -0.321 e. The fourth-order valence-corrected chi connectivity index (χ4v) is 2.93. The van der Waals surface area contributed by atoms with Gasteiger partial charge in [0.2, 0.25) is 0 Å². The van der Waals surface area contributed by atoms with E-state index in [4.69, 9.17) is 23.2 Å². The number of para-hydroxylation sites is 1. The lowest BCUT2D eigenvalue weighted by molar-refractivity contribution is -0.112. The van der Waals surface area contributed by atoms with Gasteiger partial charge in [0.15, 0.2) is 0 Å². The summed E-state index contributed by atoms with van der Waals surface area (Å²) in [7, 11) is 0. The lowest BCUT2D eigenvalue weighted by Crippen LogP contribution is -2.13. The largest absolute Gasteiger partial charge is 0.321 e. The van der Waals surface area contributed by atoms with E-state index in [-0.39, 0.29) is 5.57 Å². The van der Waals surface area contributed by atoms with Crippen LogP contribution in [0.4, 0.5) is 5.69 Å². The maximum absolute atomic E-state index is 12.4. The molecule has 0 spiro atoms. The van der Waals surface area contributed by atoms with Crippen LogP contribution in [0.25, 0.3) is 11.8 Å². The van der Waals surface area contributed by atoms with Gasteiger partial charge in [-0.2, -0.15) is 5.26 Å². The second-order valence-electron chi connectivity index (χ2n) is 5.87. The summed E-state index contributed by atoms with van der Waals surface area (Å²) < 4.78 is 2.00. The molecule has 0 bridgehead atoms. The quantitative estimate of drug-likeness (QED) is 0.459. The molecule has 1 amide bonds. The Morgan fingerprint density at radius 2 is 1.85 bits per heavy atom. The third-order valence-electron chi connectivity index (χ3n) is 3.92. The summed E-state index contributed by atoms with van der Waals surface area (Å²) in [5.41, 5.74) is 3.22. The molecule has 0 fully saturated rings. The summed E-state index contributed by atoms with van der Waals surface area (Å²) in [6, 6.07) is 18.4. The number of nitriles is 1. The summed E-state index contributed by atoms with van der Waals surface area (Å²) in [5, 5.41) is 12.8. The molecule has 1 N–H and O–H groups in total. The van der Waals surface area contributed by atoms with Crippen LogP contribution in [0.15, 0.2) is 66.4 Å². The molecule has 0 atom stereocenters. The van der Waals surface area contributed by atoms with Crippen molar-refractivity contribution in [1.29, 1.82) is 5.26 Å². The first kappa shape index (κ1) is 18.8. The first-order chi connectivity index (χ1) is 13.0. The predicted molar refractivity (Wildman–Crippen MR) is 109 cm³/mol.